The summed E-state index contributed by atoms with van der Waals surface area (Å²) in [6, 6.07) is 6.78. The lowest BCUT2D eigenvalue weighted by Crippen LogP contribution is -2.50. The van der Waals surface area contributed by atoms with Crippen molar-refractivity contribution in [3.63, 3.8) is 0 Å². The lowest BCUT2D eigenvalue weighted by Gasteiger charge is -2.46. The molecule has 1 saturated carbocycles. The van der Waals surface area contributed by atoms with Gasteiger partial charge in [0.05, 0.1) is 24.0 Å². The molecule has 0 unspecified atom stereocenters. The fourth-order valence-corrected chi connectivity index (χ4v) is 5.02. The van der Waals surface area contributed by atoms with Crippen LogP contribution in [0.25, 0.3) is 11.4 Å². The average molecular weight is 509 g/mol. The first kappa shape index (κ1) is 20.9. The molecule has 1 saturated heterocycles. The van der Waals surface area contributed by atoms with E-state index in [1.54, 1.807) is 36.3 Å². The van der Waals surface area contributed by atoms with Gasteiger partial charge < -0.3 is 20.3 Å². The Kier molecular flexibility index (Phi) is 5.28. The highest BCUT2D eigenvalue weighted by atomic mass is 16.5. The molecular weight excluding hydrogens is 474 g/mol. The number of amides is 3. The second-order valence-electron chi connectivity index (χ2n) is 10.0. The van der Waals surface area contributed by atoms with Gasteiger partial charge in [-0.3, -0.25) is 14.4 Å². The van der Waals surface area contributed by atoms with E-state index in [-0.39, 0.29) is 34.7 Å². The minimum Gasteiger partial charge on any atom is -0.494 e. The molecule has 5 rings (SSSR count). The van der Waals surface area contributed by atoms with Crippen molar-refractivity contribution in [2.45, 2.75) is 32.7 Å². The first-order valence-electron chi connectivity index (χ1n) is 13.4. The van der Waals surface area contributed by atoms with Crippen molar-refractivity contribution < 1.29 is 18.4 Å². The van der Waals surface area contributed by atoms with Gasteiger partial charge in [-0.1, -0.05) is 19.9 Å². The van der Waals surface area contributed by atoms with Crippen molar-refractivity contribution >= 4 is 29.1 Å². The van der Waals surface area contributed by atoms with Crippen LogP contribution in [0.15, 0.2) is 30.6 Å². The Labute approximate surface area is 219 Å². The monoisotopic (exact) mass is 508 g/mol. The Hall–Kier alpha value is -4.22. The van der Waals surface area contributed by atoms with Crippen LogP contribution < -0.4 is 20.3 Å². The van der Waals surface area contributed by atoms with Crippen LogP contribution in [0.5, 0.6) is 5.75 Å². The number of nitrogens with zero attached hydrogens (tertiary/aromatic N) is 7. The lowest BCUT2D eigenvalue weighted by atomic mass is 9.68. The number of nitrogens with one attached hydrogen (secondary N) is 2. The molecule has 2 aliphatic rings. The number of methoxy groups -OCH3 is 1. The van der Waals surface area contributed by atoms with E-state index in [1.807, 2.05) is 10.2 Å². The van der Waals surface area contributed by atoms with E-state index in [4.69, 9.17) is 8.85 Å². The Morgan fingerprint density at radius 2 is 2.03 bits per heavy atom. The van der Waals surface area contributed by atoms with Gasteiger partial charge >= 0.3 is 6.03 Å². The summed E-state index contributed by atoms with van der Waals surface area (Å²) in [7, 11) is 3.24. The zero-order chi connectivity index (χ0) is 28.8. The minimum absolute atomic E-state index is 0.146. The molecule has 2 fully saturated rings. The highest BCUT2D eigenvalue weighted by molar-refractivity contribution is 6.00. The highest BCUT2D eigenvalue weighted by Crippen LogP contribution is 2.44. The number of para-hydroxylation sites is 1. The lowest BCUT2D eigenvalue weighted by molar-refractivity contribution is 0.0592. The smallest absolute Gasteiger partial charge is 0.326 e. The first-order chi connectivity index (χ1) is 18.8. The Morgan fingerprint density at radius 1 is 1.22 bits per heavy atom. The first-order valence-corrected chi connectivity index (χ1v) is 11.9. The van der Waals surface area contributed by atoms with E-state index < -0.39 is 12.9 Å². The Bertz CT molecular complexity index is 1450. The molecule has 3 aromatic rings. The third-order valence-electron chi connectivity index (χ3n) is 6.77. The summed E-state index contributed by atoms with van der Waals surface area (Å²) >= 11 is 0. The maximum Gasteiger partial charge on any atom is 0.326 e. The predicted octanol–water partition coefficient (Wildman–Crippen LogP) is 2.81. The van der Waals surface area contributed by atoms with E-state index in [9.17, 15) is 9.59 Å². The normalized spacial score (nSPS) is 18.6. The Morgan fingerprint density at radius 3 is 2.70 bits per heavy atom. The van der Waals surface area contributed by atoms with Gasteiger partial charge in [0.25, 0.3) is 5.91 Å². The van der Waals surface area contributed by atoms with Crippen LogP contribution in [0.4, 0.5) is 22.0 Å². The molecule has 0 spiro atoms. The molecule has 12 nitrogen and oxygen atoms in total. The SMILES string of the molecule is [2H]C([2H])([2H])NC(=O)c1nnc(N2CCN(C3CC(C)(C)C3)C2=O)cc1Nc1cccc(-c2ncn(C)n2)c1OC. The van der Waals surface area contributed by atoms with Gasteiger partial charge in [-0.05, 0) is 30.4 Å². The van der Waals surface area contributed by atoms with E-state index in [2.05, 4.69) is 39.4 Å². The van der Waals surface area contributed by atoms with Crippen LogP contribution in [0, 0.1) is 5.41 Å². The van der Waals surface area contributed by atoms with Crippen LogP contribution in [0.1, 0.15) is 41.3 Å². The number of carbonyl (C=O) groups excluding carboxylic acids is 2. The zero-order valence-electron chi connectivity index (χ0n) is 24.1. The second-order valence-corrected chi connectivity index (χ2v) is 10.0. The van der Waals surface area contributed by atoms with Crippen LogP contribution in [-0.2, 0) is 7.05 Å². The maximum atomic E-state index is 13.3. The summed E-state index contributed by atoms with van der Waals surface area (Å²) in [6.45, 7) is 2.59. The molecule has 0 atom stereocenters. The number of hydrogen-bond donors (Lipinski definition) is 2. The van der Waals surface area contributed by atoms with Gasteiger partial charge in [0.15, 0.2) is 23.1 Å². The summed E-state index contributed by atoms with van der Waals surface area (Å²) in [5.41, 5.74) is 1.14. The number of ether oxygens (including phenoxy) is 1. The van der Waals surface area contributed by atoms with Gasteiger partial charge in [0.2, 0.25) is 0 Å². The summed E-state index contributed by atoms with van der Waals surface area (Å²) < 4.78 is 29.6. The molecule has 3 amide bonds. The standard InChI is InChI=1S/C25H31N9O3/c1-25(2)12-15(13-25)33-9-10-34(24(33)36)19-11-18(20(30-29-19)23(35)26-3)28-17-8-6-7-16(21(17)37-5)22-27-14-32(4)31-22/h6-8,11,14-15H,9-10,12-13H2,1-5H3,(H,26,35)(H,28,29)/i3D3. The van der Waals surface area contributed by atoms with Gasteiger partial charge in [-0.15, -0.1) is 10.2 Å². The number of carbonyl (C=O) groups is 2. The largest absolute Gasteiger partial charge is 0.494 e. The number of urea groups is 1. The van der Waals surface area contributed by atoms with E-state index >= 15 is 0 Å². The van der Waals surface area contributed by atoms with Crippen LogP contribution in [0.2, 0.25) is 0 Å². The third-order valence-corrected chi connectivity index (χ3v) is 6.77. The van der Waals surface area contributed by atoms with Crippen molar-refractivity contribution in [3.8, 4) is 17.1 Å². The van der Waals surface area contributed by atoms with Crippen molar-refractivity contribution in [1.29, 1.82) is 0 Å². The number of aryl methyl sites for hydroxylation is 1. The van der Waals surface area contributed by atoms with Crippen molar-refractivity contribution in [2.75, 3.05) is 37.4 Å². The van der Waals surface area contributed by atoms with Crippen LogP contribution >= 0.6 is 0 Å². The predicted molar refractivity (Wildman–Crippen MR) is 138 cm³/mol. The molecular formula is C25H31N9O3. The van der Waals surface area contributed by atoms with E-state index in [1.165, 1.54) is 18.1 Å². The number of aromatic nitrogens is 5. The summed E-state index contributed by atoms with van der Waals surface area (Å²) in [5, 5.41) is 17.6. The summed E-state index contributed by atoms with van der Waals surface area (Å²) in [4.78, 5) is 33.9. The molecule has 1 aromatic carbocycles. The fourth-order valence-electron chi connectivity index (χ4n) is 5.02. The molecule has 0 bridgehead atoms. The quantitative estimate of drug-likeness (QED) is 0.498. The molecule has 2 N–H and O–H groups in total. The minimum atomic E-state index is -2.74. The van der Waals surface area contributed by atoms with Crippen LogP contribution in [0.3, 0.4) is 0 Å². The van der Waals surface area contributed by atoms with Gasteiger partial charge in [-0.2, -0.15) is 5.10 Å². The van der Waals surface area contributed by atoms with E-state index in [0.29, 0.717) is 35.9 Å². The molecule has 2 aromatic heterocycles. The topological polar surface area (TPSA) is 130 Å². The van der Waals surface area contributed by atoms with Crippen molar-refractivity contribution in [1.82, 2.24) is 35.2 Å². The molecule has 3 heterocycles. The second kappa shape index (κ2) is 9.34. The van der Waals surface area contributed by atoms with Crippen molar-refractivity contribution in [3.05, 3.63) is 36.3 Å². The molecule has 37 heavy (non-hydrogen) atoms. The molecule has 194 valence electrons. The fraction of sp³-hybridized carbons (Fsp3) is 0.440. The average Bonchev–Trinajstić information content (AvgIpc) is 3.46. The molecule has 0 radical (unpaired) electrons. The maximum absolute atomic E-state index is 13.3. The number of rotatable bonds is 7. The summed E-state index contributed by atoms with van der Waals surface area (Å²) in [6.07, 6.45) is 3.42. The zero-order valence-corrected chi connectivity index (χ0v) is 21.1. The molecule has 1 aliphatic heterocycles. The van der Waals surface area contributed by atoms with Gasteiger partial charge in [0, 0.05) is 43.3 Å². The van der Waals surface area contributed by atoms with Crippen LogP contribution in [-0.4, -0.2) is 75.0 Å². The summed E-state index contributed by atoms with van der Waals surface area (Å²) in [5.74, 6) is 0.110. The molecule has 12 heteroatoms. The molecule has 1 aliphatic carbocycles. The Balaban J connectivity index is 1.50. The van der Waals surface area contributed by atoms with Crippen molar-refractivity contribution in [2.24, 2.45) is 12.5 Å². The number of anilines is 3. The third kappa shape index (κ3) is 4.54. The number of hydrogen-bond acceptors (Lipinski definition) is 8. The van der Waals surface area contributed by atoms with E-state index in [0.717, 1.165) is 12.8 Å². The van der Waals surface area contributed by atoms with Gasteiger partial charge in [0.1, 0.15) is 6.33 Å². The van der Waals surface area contributed by atoms with Gasteiger partial charge in [-0.25, -0.2) is 9.78 Å². The number of benzene rings is 1. The highest BCUT2D eigenvalue weighted by Gasteiger charge is 2.45.